The van der Waals surface area contributed by atoms with Gasteiger partial charge in [0.2, 0.25) is 0 Å². The Hall–Kier alpha value is -2.28. The van der Waals surface area contributed by atoms with Gasteiger partial charge in [-0.05, 0) is 30.5 Å². The third kappa shape index (κ3) is 3.62. The molecule has 3 aliphatic rings. The largest absolute Gasteiger partial charge is 0.448 e. The van der Waals surface area contributed by atoms with Crippen LogP contribution in [0.5, 0.6) is 0 Å². The molecule has 0 radical (unpaired) electrons. The highest BCUT2D eigenvalue weighted by Gasteiger charge is 2.36. The van der Waals surface area contributed by atoms with Crippen LogP contribution in [0.2, 0.25) is 0 Å². The van der Waals surface area contributed by atoms with Crippen molar-refractivity contribution < 1.29 is 19.1 Å². The minimum absolute atomic E-state index is 0.0667. The summed E-state index contributed by atoms with van der Waals surface area (Å²) in [6, 6.07) is 7.76. The first kappa shape index (κ1) is 17.1. The predicted molar refractivity (Wildman–Crippen MR) is 95.9 cm³/mol. The molecule has 4 rings (SSSR count). The smallest absolute Gasteiger partial charge is 0.410 e. The van der Waals surface area contributed by atoms with E-state index in [4.69, 9.17) is 9.47 Å². The lowest BCUT2D eigenvalue weighted by atomic mass is 9.90. The summed E-state index contributed by atoms with van der Waals surface area (Å²) in [4.78, 5) is 28.0. The highest BCUT2D eigenvalue weighted by molar-refractivity contribution is 5.89. The molecule has 1 saturated carbocycles. The van der Waals surface area contributed by atoms with Crippen LogP contribution in [-0.4, -0.2) is 60.4 Å². The van der Waals surface area contributed by atoms with E-state index in [1.165, 1.54) is 6.42 Å². The van der Waals surface area contributed by atoms with Gasteiger partial charge in [-0.2, -0.15) is 0 Å². The van der Waals surface area contributed by atoms with Crippen LogP contribution in [0.1, 0.15) is 31.2 Å². The number of morpholine rings is 1. The van der Waals surface area contributed by atoms with Crippen LogP contribution in [-0.2, 0) is 16.0 Å². The highest BCUT2D eigenvalue weighted by Crippen LogP contribution is 2.29. The second-order valence-corrected chi connectivity index (χ2v) is 7.12. The van der Waals surface area contributed by atoms with Crippen molar-refractivity contribution in [2.75, 3.05) is 31.6 Å². The van der Waals surface area contributed by atoms with Gasteiger partial charge in [-0.1, -0.05) is 25.0 Å². The van der Waals surface area contributed by atoms with Crippen molar-refractivity contribution in [3.8, 4) is 0 Å². The Morgan fingerprint density at radius 3 is 2.92 bits per heavy atom. The number of hydrogen-bond acceptors (Lipinski definition) is 4. The number of nitrogens with one attached hydrogen (secondary N) is 1. The lowest BCUT2D eigenvalue weighted by molar-refractivity contribution is -0.0694. The van der Waals surface area contributed by atoms with Gasteiger partial charge in [0, 0.05) is 18.8 Å². The van der Waals surface area contributed by atoms with E-state index in [0.717, 1.165) is 30.5 Å². The van der Waals surface area contributed by atoms with Crippen molar-refractivity contribution in [3.63, 3.8) is 0 Å². The maximum Gasteiger partial charge on any atom is 0.410 e. The van der Waals surface area contributed by atoms with Gasteiger partial charge in [-0.3, -0.25) is 0 Å². The molecule has 2 unspecified atom stereocenters. The van der Waals surface area contributed by atoms with Gasteiger partial charge in [0.15, 0.2) is 0 Å². The Morgan fingerprint density at radius 1 is 1.19 bits per heavy atom. The summed E-state index contributed by atoms with van der Waals surface area (Å²) in [5, 5.41) is 3.02. The van der Waals surface area contributed by atoms with Gasteiger partial charge in [0.1, 0.15) is 6.61 Å². The molecule has 3 fully saturated rings. The molecule has 2 atom stereocenters. The molecule has 1 aromatic carbocycles. The van der Waals surface area contributed by atoms with Crippen molar-refractivity contribution in [3.05, 3.63) is 29.8 Å². The van der Waals surface area contributed by atoms with Crippen molar-refractivity contribution >= 4 is 17.8 Å². The fourth-order valence-electron chi connectivity index (χ4n) is 4.08. The van der Waals surface area contributed by atoms with Crippen LogP contribution < -0.4 is 5.32 Å². The first-order valence-electron chi connectivity index (χ1n) is 9.40. The Bertz CT molecular complexity index is 679. The SMILES string of the molecule is O=C1OCCN1Cc1cccc(NC(=O)N2CCOC3CCCCC32)c1. The second-order valence-electron chi connectivity index (χ2n) is 7.12. The normalized spacial score (nSPS) is 25.6. The van der Waals surface area contributed by atoms with E-state index < -0.39 is 0 Å². The van der Waals surface area contributed by atoms with Crippen molar-refractivity contribution in [2.24, 2.45) is 0 Å². The molecule has 1 aliphatic carbocycles. The van der Waals surface area contributed by atoms with Crippen LogP contribution in [0, 0.1) is 0 Å². The van der Waals surface area contributed by atoms with E-state index in [1.807, 2.05) is 29.2 Å². The van der Waals surface area contributed by atoms with Crippen LogP contribution in [0.4, 0.5) is 15.3 Å². The van der Waals surface area contributed by atoms with Gasteiger partial charge in [-0.15, -0.1) is 0 Å². The third-order valence-electron chi connectivity index (χ3n) is 5.39. The van der Waals surface area contributed by atoms with E-state index >= 15 is 0 Å². The number of carbonyl (C=O) groups is 2. The summed E-state index contributed by atoms with van der Waals surface area (Å²) in [5.74, 6) is 0. The number of rotatable bonds is 3. The number of amides is 3. The number of urea groups is 1. The summed E-state index contributed by atoms with van der Waals surface area (Å²) < 4.78 is 10.8. The van der Waals surface area contributed by atoms with Crippen molar-refractivity contribution in [1.29, 1.82) is 0 Å². The lowest BCUT2D eigenvalue weighted by Gasteiger charge is -2.43. The predicted octanol–water partition coefficient (Wildman–Crippen LogP) is 2.81. The monoisotopic (exact) mass is 359 g/mol. The van der Waals surface area contributed by atoms with E-state index in [1.54, 1.807) is 4.90 Å². The van der Waals surface area contributed by atoms with Crippen LogP contribution in [0.15, 0.2) is 24.3 Å². The first-order valence-corrected chi connectivity index (χ1v) is 9.40. The van der Waals surface area contributed by atoms with E-state index in [9.17, 15) is 9.59 Å². The van der Waals surface area contributed by atoms with Gasteiger partial charge < -0.3 is 24.6 Å². The molecular weight excluding hydrogens is 334 g/mol. The Balaban J connectivity index is 1.41. The van der Waals surface area contributed by atoms with Crippen LogP contribution in [0.25, 0.3) is 0 Å². The lowest BCUT2D eigenvalue weighted by Crippen LogP contribution is -2.55. The number of ether oxygens (including phenoxy) is 2. The van der Waals surface area contributed by atoms with E-state index in [-0.39, 0.29) is 24.3 Å². The minimum atomic E-state index is -0.281. The van der Waals surface area contributed by atoms with Crippen LogP contribution in [0.3, 0.4) is 0 Å². The summed E-state index contributed by atoms with van der Waals surface area (Å²) in [5.41, 5.74) is 1.72. The quantitative estimate of drug-likeness (QED) is 0.901. The Kier molecular flexibility index (Phi) is 4.97. The molecule has 1 N–H and O–H groups in total. The van der Waals surface area contributed by atoms with Gasteiger partial charge in [-0.25, -0.2) is 9.59 Å². The van der Waals surface area contributed by atoms with Gasteiger partial charge >= 0.3 is 12.1 Å². The summed E-state index contributed by atoms with van der Waals surface area (Å²) >= 11 is 0. The van der Waals surface area contributed by atoms with Crippen molar-refractivity contribution in [2.45, 2.75) is 44.4 Å². The van der Waals surface area contributed by atoms with Crippen LogP contribution >= 0.6 is 0 Å². The summed E-state index contributed by atoms with van der Waals surface area (Å²) in [6.07, 6.45) is 4.27. The van der Waals surface area contributed by atoms with Gasteiger partial charge in [0.25, 0.3) is 0 Å². The van der Waals surface area contributed by atoms with Crippen molar-refractivity contribution in [1.82, 2.24) is 9.80 Å². The molecule has 3 amide bonds. The zero-order valence-corrected chi connectivity index (χ0v) is 14.9. The van der Waals surface area contributed by atoms with Gasteiger partial charge in [0.05, 0.1) is 25.3 Å². The number of nitrogens with zero attached hydrogens (tertiary/aromatic N) is 2. The Labute approximate surface area is 153 Å². The maximum atomic E-state index is 12.8. The molecule has 2 aliphatic heterocycles. The zero-order valence-electron chi connectivity index (χ0n) is 14.9. The highest BCUT2D eigenvalue weighted by atomic mass is 16.6. The average Bonchev–Trinajstić information content (AvgIpc) is 3.06. The minimum Gasteiger partial charge on any atom is -0.448 e. The number of anilines is 1. The first-order chi connectivity index (χ1) is 12.7. The van der Waals surface area contributed by atoms with E-state index in [2.05, 4.69) is 5.32 Å². The number of carbonyl (C=O) groups excluding carboxylic acids is 2. The zero-order chi connectivity index (χ0) is 17.9. The number of hydrogen-bond donors (Lipinski definition) is 1. The summed E-state index contributed by atoms with van der Waals surface area (Å²) in [6.45, 7) is 2.77. The molecule has 26 heavy (non-hydrogen) atoms. The average molecular weight is 359 g/mol. The summed E-state index contributed by atoms with van der Waals surface area (Å²) in [7, 11) is 0. The topological polar surface area (TPSA) is 71.1 Å². The molecule has 0 spiro atoms. The molecule has 0 bridgehead atoms. The molecule has 0 aromatic heterocycles. The molecule has 7 nitrogen and oxygen atoms in total. The second kappa shape index (κ2) is 7.53. The fourth-order valence-corrected chi connectivity index (χ4v) is 4.08. The molecule has 2 saturated heterocycles. The fraction of sp³-hybridized carbons (Fsp3) is 0.579. The molecular formula is C19H25N3O4. The van der Waals surface area contributed by atoms with E-state index in [0.29, 0.717) is 32.8 Å². The molecule has 140 valence electrons. The molecule has 2 heterocycles. The number of cyclic esters (lactones) is 1. The molecule has 1 aromatic rings. The maximum absolute atomic E-state index is 12.8. The Morgan fingerprint density at radius 2 is 2.08 bits per heavy atom. The number of benzene rings is 1. The molecule has 7 heteroatoms. The standard InChI is InChI=1S/C19H25N3O4/c23-18(22-9-11-25-17-7-2-1-6-16(17)22)20-15-5-3-4-14(12-15)13-21-8-10-26-19(21)24/h3-5,12,16-17H,1-2,6-11,13H2,(H,20,23). The number of fused-ring (bicyclic) bond motifs is 1. The third-order valence-corrected chi connectivity index (χ3v) is 5.39.